The Hall–Kier alpha value is -1.55. The maximum Gasteiger partial charge on any atom is 0.222 e. The second kappa shape index (κ2) is 4.61. The largest absolute Gasteiger partial charge is 0.312 e. The molecule has 4 heteroatoms. The summed E-state index contributed by atoms with van der Waals surface area (Å²) in [7, 11) is 0. The van der Waals surface area contributed by atoms with Gasteiger partial charge in [-0.05, 0) is 37.6 Å². The van der Waals surface area contributed by atoms with Crippen molar-refractivity contribution < 1.29 is 4.79 Å². The van der Waals surface area contributed by atoms with E-state index in [0.29, 0.717) is 0 Å². The number of hydrogen-bond donors (Lipinski definition) is 1. The molecule has 2 aromatic rings. The Morgan fingerprint density at radius 3 is 2.61 bits per heavy atom. The minimum Gasteiger partial charge on any atom is -0.312 e. The van der Waals surface area contributed by atoms with Crippen molar-refractivity contribution in [3.63, 3.8) is 0 Å². The predicted octanol–water partition coefficient (Wildman–Crippen LogP) is 4.16. The topological polar surface area (TPSA) is 34.0 Å². The Kier molecular flexibility index (Phi) is 3.30. The minimum atomic E-state index is -0.0810. The Labute approximate surface area is 115 Å². The monoisotopic (exact) mass is 306 g/mol. The Morgan fingerprint density at radius 2 is 2.06 bits per heavy atom. The molecule has 18 heavy (non-hydrogen) atoms. The van der Waals surface area contributed by atoms with Gasteiger partial charge in [0.05, 0.1) is 5.52 Å². The van der Waals surface area contributed by atoms with Crippen molar-refractivity contribution >= 4 is 44.3 Å². The highest BCUT2D eigenvalue weighted by Gasteiger charge is 2.15. The zero-order chi connectivity index (χ0) is 13.4. The Balaban J connectivity index is 2.82. The van der Waals surface area contributed by atoms with E-state index >= 15 is 0 Å². The van der Waals surface area contributed by atoms with Crippen LogP contribution in [0.15, 0.2) is 29.3 Å². The lowest BCUT2D eigenvalue weighted by Crippen LogP contribution is -2.11. The molecule has 1 amide bonds. The molecule has 94 valence electrons. The molecule has 0 radical (unpaired) electrons. The third-order valence-electron chi connectivity index (χ3n) is 2.86. The third kappa shape index (κ3) is 2.08. The minimum absolute atomic E-state index is 0.0810. The number of anilines is 1. The number of halogens is 1. The first-order chi connectivity index (χ1) is 8.41. The van der Waals surface area contributed by atoms with Crippen molar-refractivity contribution in [2.45, 2.75) is 20.8 Å². The summed E-state index contributed by atoms with van der Waals surface area (Å²) in [5, 5.41) is 3.99. The molecule has 0 bridgehead atoms. The lowest BCUT2D eigenvalue weighted by Gasteiger charge is -2.10. The summed E-state index contributed by atoms with van der Waals surface area (Å²) < 4.78 is 2.99. The summed E-state index contributed by atoms with van der Waals surface area (Å²) in [5.74, 6) is 0.713. The maximum atomic E-state index is 11.3. The number of benzene rings is 1. The molecule has 0 aliphatic carbocycles. The first kappa shape index (κ1) is 12.9. The van der Waals surface area contributed by atoms with Crippen LogP contribution in [0.2, 0.25) is 0 Å². The number of allylic oxidation sites excluding steroid dienone is 1. The van der Waals surface area contributed by atoms with E-state index < -0.39 is 0 Å². The molecule has 1 heterocycles. The van der Waals surface area contributed by atoms with Crippen molar-refractivity contribution in [1.82, 2.24) is 4.57 Å². The van der Waals surface area contributed by atoms with Gasteiger partial charge in [-0.3, -0.25) is 4.79 Å². The summed E-state index contributed by atoms with van der Waals surface area (Å²) in [6.07, 6.45) is 0. The van der Waals surface area contributed by atoms with Gasteiger partial charge in [-0.25, -0.2) is 0 Å². The van der Waals surface area contributed by atoms with Gasteiger partial charge in [0.1, 0.15) is 5.82 Å². The number of hydrogen-bond acceptors (Lipinski definition) is 1. The van der Waals surface area contributed by atoms with Gasteiger partial charge in [0.2, 0.25) is 5.91 Å². The summed E-state index contributed by atoms with van der Waals surface area (Å²) in [6, 6.07) is 6.06. The van der Waals surface area contributed by atoms with Crippen LogP contribution in [0, 0.1) is 6.92 Å². The lowest BCUT2D eigenvalue weighted by atomic mass is 10.2. The molecule has 1 N–H and O–H groups in total. The van der Waals surface area contributed by atoms with Crippen LogP contribution < -0.4 is 5.32 Å². The van der Waals surface area contributed by atoms with E-state index in [4.69, 9.17) is 0 Å². The van der Waals surface area contributed by atoms with Gasteiger partial charge in [-0.1, -0.05) is 22.5 Å². The van der Waals surface area contributed by atoms with Crippen molar-refractivity contribution in [1.29, 1.82) is 0 Å². The van der Waals surface area contributed by atoms with Crippen molar-refractivity contribution in [2.75, 3.05) is 5.32 Å². The first-order valence-electron chi connectivity index (χ1n) is 5.66. The van der Waals surface area contributed by atoms with Crippen LogP contribution in [0.4, 0.5) is 5.82 Å². The van der Waals surface area contributed by atoms with Crippen LogP contribution in [-0.2, 0) is 4.79 Å². The smallest absolute Gasteiger partial charge is 0.222 e. The van der Waals surface area contributed by atoms with Gasteiger partial charge in [0.15, 0.2) is 0 Å². The van der Waals surface area contributed by atoms with Crippen molar-refractivity contribution in [3.05, 3.63) is 34.8 Å². The number of amides is 1. The van der Waals surface area contributed by atoms with Crippen LogP contribution in [0.5, 0.6) is 0 Å². The SMILES string of the molecule is C=C(C)n1c(NC(C)=O)c(C)c2cc(Br)ccc21. The number of nitrogens with one attached hydrogen (secondary N) is 1. The molecule has 0 atom stereocenters. The van der Waals surface area contributed by atoms with Crippen molar-refractivity contribution in [3.8, 4) is 0 Å². The highest BCUT2D eigenvalue weighted by molar-refractivity contribution is 9.10. The molecule has 1 aromatic carbocycles. The van der Waals surface area contributed by atoms with Gasteiger partial charge in [-0.2, -0.15) is 0 Å². The molecule has 3 nitrogen and oxygen atoms in total. The summed E-state index contributed by atoms with van der Waals surface area (Å²) >= 11 is 3.47. The number of carbonyl (C=O) groups is 1. The van der Waals surface area contributed by atoms with E-state index in [1.807, 2.05) is 30.5 Å². The van der Waals surface area contributed by atoms with Gasteiger partial charge in [0.25, 0.3) is 0 Å². The number of fused-ring (bicyclic) bond motifs is 1. The van der Waals surface area contributed by atoms with E-state index in [2.05, 4.69) is 33.9 Å². The van der Waals surface area contributed by atoms with E-state index in [0.717, 1.165) is 32.5 Å². The standard InChI is InChI=1S/C14H15BrN2O/c1-8(2)17-13-6-5-11(15)7-12(13)9(3)14(17)16-10(4)18/h5-7H,1H2,2-4H3,(H,16,18). The molecule has 0 saturated heterocycles. The van der Waals surface area contributed by atoms with Gasteiger partial charge < -0.3 is 9.88 Å². The van der Waals surface area contributed by atoms with E-state index in [-0.39, 0.29) is 5.91 Å². The van der Waals surface area contributed by atoms with E-state index in [1.54, 1.807) is 0 Å². The van der Waals surface area contributed by atoms with E-state index in [1.165, 1.54) is 6.92 Å². The number of carbonyl (C=O) groups excluding carboxylic acids is 1. The predicted molar refractivity (Wildman–Crippen MR) is 79.7 cm³/mol. The lowest BCUT2D eigenvalue weighted by molar-refractivity contribution is -0.114. The quantitative estimate of drug-likeness (QED) is 0.888. The molecule has 0 spiro atoms. The molecular weight excluding hydrogens is 292 g/mol. The third-order valence-corrected chi connectivity index (χ3v) is 3.35. The fourth-order valence-electron chi connectivity index (χ4n) is 2.13. The normalized spacial score (nSPS) is 10.7. The summed E-state index contributed by atoms with van der Waals surface area (Å²) in [5.41, 5.74) is 2.97. The molecule has 0 saturated carbocycles. The van der Waals surface area contributed by atoms with Crippen LogP contribution in [0.25, 0.3) is 16.6 Å². The fraction of sp³-hybridized carbons (Fsp3) is 0.214. The van der Waals surface area contributed by atoms with Crippen LogP contribution >= 0.6 is 15.9 Å². The number of aromatic nitrogens is 1. The highest BCUT2D eigenvalue weighted by Crippen LogP contribution is 2.33. The summed E-state index contributed by atoms with van der Waals surface area (Å²) in [4.78, 5) is 11.3. The molecule has 2 rings (SSSR count). The van der Waals surface area contributed by atoms with Crippen LogP contribution in [0.1, 0.15) is 19.4 Å². The zero-order valence-corrected chi connectivity index (χ0v) is 12.3. The maximum absolute atomic E-state index is 11.3. The Morgan fingerprint density at radius 1 is 1.39 bits per heavy atom. The van der Waals surface area contributed by atoms with Crippen LogP contribution in [0.3, 0.4) is 0 Å². The first-order valence-corrected chi connectivity index (χ1v) is 6.45. The molecule has 0 fully saturated rings. The number of nitrogens with zero attached hydrogens (tertiary/aromatic N) is 1. The number of aryl methyl sites for hydroxylation is 1. The zero-order valence-electron chi connectivity index (χ0n) is 10.7. The van der Waals surface area contributed by atoms with Crippen LogP contribution in [-0.4, -0.2) is 10.5 Å². The molecule has 1 aromatic heterocycles. The summed E-state index contributed by atoms with van der Waals surface area (Å²) in [6.45, 7) is 9.41. The van der Waals surface area contributed by atoms with Gasteiger partial charge in [0, 0.05) is 22.5 Å². The molecule has 0 unspecified atom stereocenters. The fourth-order valence-corrected chi connectivity index (χ4v) is 2.49. The second-order valence-electron chi connectivity index (χ2n) is 4.39. The second-order valence-corrected chi connectivity index (χ2v) is 5.30. The van der Waals surface area contributed by atoms with Crippen molar-refractivity contribution in [2.24, 2.45) is 0 Å². The average molecular weight is 307 g/mol. The highest BCUT2D eigenvalue weighted by atomic mass is 79.9. The van der Waals surface area contributed by atoms with E-state index in [9.17, 15) is 4.79 Å². The molecule has 0 aliphatic rings. The van der Waals surface area contributed by atoms with Gasteiger partial charge >= 0.3 is 0 Å². The molecule has 0 aliphatic heterocycles. The average Bonchev–Trinajstić information content (AvgIpc) is 2.52. The Bertz CT molecular complexity index is 655. The number of rotatable bonds is 2. The van der Waals surface area contributed by atoms with Gasteiger partial charge in [-0.15, -0.1) is 0 Å². The molecular formula is C14H15BrN2O.